The number of rotatable bonds is 2. The highest BCUT2D eigenvalue weighted by Crippen LogP contribution is 2.34. The summed E-state index contributed by atoms with van der Waals surface area (Å²) < 4.78 is 0. The molecule has 1 aromatic heterocycles. The van der Waals surface area contributed by atoms with Crippen LogP contribution in [0.15, 0.2) is 60.7 Å². The minimum atomic E-state index is 0.596. The van der Waals surface area contributed by atoms with Gasteiger partial charge in [-0.25, -0.2) is 4.98 Å². The predicted octanol–water partition coefficient (Wildman–Crippen LogP) is 5.28. The first-order chi connectivity index (χ1) is 11.3. The minimum Gasteiger partial charge on any atom is -0.368 e. The summed E-state index contributed by atoms with van der Waals surface area (Å²) >= 11 is 0. The van der Waals surface area contributed by atoms with Gasteiger partial charge >= 0.3 is 0 Å². The van der Waals surface area contributed by atoms with Crippen molar-refractivity contribution < 1.29 is 0 Å². The minimum absolute atomic E-state index is 0.596. The van der Waals surface area contributed by atoms with Gasteiger partial charge in [-0.1, -0.05) is 48.5 Å². The van der Waals surface area contributed by atoms with Gasteiger partial charge in [0.2, 0.25) is 0 Å². The molecule has 116 valence electrons. The molecule has 0 radical (unpaired) electrons. The molecule has 1 aliphatic heterocycles. The molecule has 3 aromatic rings. The Kier molecular flexibility index (Phi) is 3.74. The van der Waals surface area contributed by atoms with Gasteiger partial charge in [-0.05, 0) is 38.3 Å². The summed E-state index contributed by atoms with van der Waals surface area (Å²) in [6, 6.07) is 21.9. The number of pyridine rings is 1. The number of hydrogen-bond donors (Lipinski definition) is 0. The lowest BCUT2D eigenvalue weighted by molar-refractivity contribution is 0.486. The van der Waals surface area contributed by atoms with Crippen LogP contribution in [-0.2, 0) is 0 Å². The van der Waals surface area contributed by atoms with Gasteiger partial charge in [-0.15, -0.1) is 0 Å². The molecule has 0 spiro atoms. The van der Waals surface area contributed by atoms with Crippen LogP contribution in [0.25, 0.3) is 22.2 Å². The van der Waals surface area contributed by atoms with E-state index >= 15 is 0 Å². The number of anilines is 1. The van der Waals surface area contributed by atoms with Crippen LogP contribution >= 0.6 is 0 Å². The lowest BCUT2D eigenvalue weighted by atomic mass is 10.0. The summed E-state index contributed by atoms with van der Waals surface area (Å²) in [5, 5.41) is 1.26. The van der Waals surface area contributed by atoms with Crippen LogP contribution in [0.3, 0.4) is 0 Å². The number of aromatic nitrogens is 1. The van der Waals surface area contributed by atoms with Crippen molar-refractivity contribution in [2.75, 3.05) is 11.4 Å². The van der Waals surface area contributed by atoms with E-state index in [9.17, 15) is 0 Å². The van der Waals surface area contributed by atoms with Gasteiger partial charge in [0.25, 0.3) is 0 Å². The van der Waals surface area contributed by atoms with Gasteiger partial charge in [0.15, 0.2) is 0 Å². The first-order valence-electron chi connectivity index (χ1n) is 8.55. The maximum Gasteiger partial charge on any atom is 0.0730 e. The summed E-state index contributed by atoms with van der Waals surface area (Å²) in [7, 11) is 0. The second kappa shape index (κ2) is 6.04. The van der Waals surface area contributed by atoms with Crippen molar-refractivity contribution in [3.8, 4) is 11.3 Å². The summed E-state index contributed by atoms with van der Waals surface area (Å²) in [5.74, 6) is 0. The van der Waals surface area contributed by atoms with Gasteiger partial charge in [0, 0.05) is 29.2 Å². The van der Waals surface area contributed by atoms with Crippen molar-refractivity contribution in [3.05, 3.63) is 60.7 Å². The van der Waals surface area contributed by atoms with E-state index in [-0.39, 0.29) is 0 Å². The molecule has 0 N–H and O–H groups in total. The Bertz CT molecular complexity index is 810. The zero-order valence-corrected chi connectivity index (χ0v) is 13.6. The second-order valence-corrected chi connectivity index (χ2v) is 6.45. The standard InChI is InChI=1S/C21H22N2/c1-16-9-7-8-14-23(16)21-15-20(17-10-3-2-4-11-17)22-19-13-6-5-12-18(19)21/h2-6,10-13,15-16H,7-9,14H2,1H3/t16-/m1/s1. The highest BCUT2D eigenvalue weighted by molar-refractivity contribution is 5.94. The molecule has 2 aromatic carbocycles. The molecule has 0 amide bonds. The van der Waals surface area contributed by atoms with Gasteiger partial charge in [-0.2, -0.15) is 0 Å². The Balaban J connectivity index is 1.91. The maximum absolute atomic E-state index is 4.90. The van der Waals surface area contributed by atoms with Crippen LogP contribution in [0.2, 0.25) is 0 Å². The largest absolute Gasteiger partial charge is 0.368 e. The molecule has 0 bridgehead atoms. The molecular weight excluding hydrogens is 280 g/mol. The summed E-state index contributed by atoms with van der Waals surface area (Å²) in [5.41, 5.74) is 4.67. The summed E-state index contributed by atoms with van der Waals surface area (Å²) in [4.78, 5) is 7.47. The van der Waals surface area contributed by atoms with E-state index in [1.54, 1.807) is 0 Å². The number of nitrogens with zero attached hydrogens (tertiary/aromatic N) is 2. The average molecular weight is 302 g/mol. The van der Waals surface area contributed by atoms with Crippen LogP contribution in [0.5, 0.6) is 0 Å². The molecule has 1 saturated heterocycles. The van der Waals surface area contributed by atoms with E-state index in [0.717, 1.165) is 17.8 Å². The van der Waals surface area contributed by atoms with Crippen LogP contribution in [0.1, 0.15) is 26.2 Å². The molecule has 4 rings (SSSR count). The third-order valence-electron chi connectivity index (χ3n) is 4.88. The lowest BCUT2D eigenvalue weighted by Crippen LogP contribution is -2.37. The van der Waals surface area contributed by atoms with Gasteiger partial charge in [-0.3, -0.25) is 0 Å². The summed E-state index contributed by atoms with van der Waals surface area (Å²) in [6.07, 6.45) is 3.89. The fraction of sp³-hybridized carbons (Fsp3) is 0.286. The zero-order valence-electron chi connectivity index (χ0n) is 13.6. The zero-order chi connectivity index (χ0) is 15.6. The Morgan fingerprint density at radius 2 is 1.74 bits per heavy atom. The normalized spacial score (nSPS) is 18.3. The van der Waals surface area contributed by atoms with Crippen molar-refractivity contribution in [3.63, 3.8) is 0 Å². The fourth-order valence-electron chi connectivity index (χ4n) is 3.61. The van der Waals surface area contributed by atoms with Crippen LogP contribution < -0.4 is 4.90 Å². The molecule has 2 heteroatoms. The van der Waals surface area contributed by atoms with Crippen molar-refractivity contribution in [2.24, 2.45) is 0 Å². The third kappa shape index (κ3) is 2.70. The monoisotopic (exact) mass is 302 g/mol. The van der Waals surface area contributed by atoms with Crippen LogP contribution in [0.4, 0.5) is 5.69 Å². The Hall–Kier alpha value is -2.35. The van der Waals surface area contributed by atoms with E-state index in [0.29, 0.717) is 6.04 Å². The fourth-order valence-corrected chi connectivity index (χ4v) is 3.61. The number of piperidine rings is 1. The van der Waals surface area contributed by atoms with Crippen molar-refractivity contribution in [1.29, 1.82) is 0 Å². The van der Waals surface area contributed by atoms with E-state index in [1.165, 1.54) is 35.9 Å². The maximum atomic E-state index is 4.90. The predicted molar refractivity (Wildman–Crippen MR) is 97.8 cm³/mol. The van der Waals surface area contributed by atoms with Crippen LogP contribution in [0, 0.1) is 0 Å². The molecule has 23 heavy (non-hydrogen) atoms. The molecule has 0 unspecified atom stereocenters. The molecule has 2 heterocycles. The second-order valence-electron chi connectivity index (χ2n) is 6.45. The SMILES string of the molecule is C[C@@H]1CCCCN1c1cc(-c2ccccc2)nc2ccccc12. The first-order valence-corrected chi connectivity index (χ1v) is 8.55. The van der Waals surface area contributed by atoms with E-state index in [2.05, 4.69) is 72.5 Å². The number of para-hydroxylation sites is 1. The average Bonchev–Trinajstić information content (AvgIpc) is 2.62. The quantitative estimate of drug-likeness (QED) is 0.640. The topological polar surface area (TPSA) is 16.1 Å². The van der Waals surface area contributed by atoms with Crippen LogP contribution in [-0.4, -0.2) is 17.6 Å². The molecular formula is C21H22N2. The molecule has 2 nitrogen and oxygen atoms in total. The summed E-state index contributed by atoms with van der Waals surface area (Å²) in [6.45, 7) is 3.49. The number of hydrogen-bond acceptors (Lipinski definition) is 2. The van der Waals surface area contributed by atoms with Gasteiger partial charge in [0.1, 0.15) is 0 Å². The number of fused-ring (bicyclic) bond motifs is 1. The first kappa shape index (κ1) is 14.3. The lowest BCUT2D eigenvalue weighted by Gasteiger charge is -2.36. The van der Waals surface area contributed by atoms with Crippen molar-refractivity contribution >= 4 is 16.6 Å². The van der Waals surface area contributed by atoms with Crippen molar-refractivity contribution in [2.45, 2.75) is 32.2 Å². The molecule has 1 atom stereocenters. The van der Waals surface area contributed by atoms with Gasteiger partial charge < -0.3 is 4.90 Å². The smallest absolute Gasteiger partial charge is 0.0730 e. The molecule has 0 aliphatic carbocycles. The van der Waals surface area contributed by atoms with E-state index in [1.807, 2.05) is 0 Å². The molecule has 0 saturated carbocycles. The molecule has 1 fully saturated rings. The van der Waals surface area contributed by atoms with Crippen molar-refractivity contribution in [1.82, 2.24) is 4.98 Å². The number of benzene rings is 2. The highest BCUT2D eigenvalue weighted by Gasteiger charge is 2.21. The highest BCUT2D eigenvalue weighted by atomic mass is 15.2. The van der Waals surface area contributed by atoms with Gasteiger partial charge in [0.05, 0.1) is 11.2 Å². The third-order valence-corrected chi connectivity index (χ3v) is 4.88. The Morgan fingerprint density at radius 3 is 2.57 bits per heavy atom. The Labute approximate surface area is 137 Å². The van der Waals surface area contributed by atoms with E-state index in [4.69, 9.17) is 4.98 Å². The Morgan fingerprint density at radius 1 is 0.957 bits per heavy atom. The van der Waals surface area contributed by atoms with E-state index < -0.39 is 0 Å². The molecule has 1 aliphatic rings.